The van der Waals surface area contributed by atoms with Crippen molar-refractivity contribution in [2.45, 2.75) is 59.1 Å². The highest BCUT2D eigenvalue weighted by atomic mass is 16.5. The first-order valence-electron chi connectivity index (χ1n) is 12.3. The van der Waals surface area contributed by atoms with E-state index in [-0.39, 0.29) is 36.0 Å². The van der Waals surface area contributed by atoms with E-state index in [1.165, 1.54) is 12.0 Å². The Bertz CT molecular complexity index is 1130. The number of hydrogen-bond donors (Lipinski definition) is 1. The van der Waals surface area contributed by atoms with Crippen molar-refractivity contribution >= 4 is 17.4 Å². The average molecular weight is 496 g/mol. The smallest absolute Gasteiger partial charge is 0.295 e. The highest BCUT2D eigenvalue weighted by Crippen LogP contribution is 2.41. The third kappa shape index (κ3) is 5.73. The van der Waals surface area contributed by atoms with Crippen LogP contribution in [0.3, 0.4) is 0 Å². The van der Waals surface area contributed by atoms with Gasteiger partial charge in [-0.25, -0.2) is 0 Å². The number of carbonyl (C=O) groups excluding carboxylic acids is 2. The molecule has 0 bridgehead atoms. The molecule has 7 heteroatoms. The van der Waals surface area contributed by atoms with Crippen molar-refractivity contribution in [2.75, 3.05) is 26.9 Å². The van der Waals surface area contributed by atoms with Crippen LogP contribution in [0.5, 0.6) is 11.5 Å². The summed E-state index contributed by atoms with van der Waals surface area (Å²) in [6.45, 7) is 12.9. The van der Waals surface area contributed by atoms with E-state index in [4.69, 9.17) is 14.2 Å². The van der Waals surface area contributed by atoms with Crippen LogP contribution in [-0.4, -0.2) is 54.7 Å². The lowest BCUT2D eigenvalue weighted by Gasteiger charge is -2.26. The Morgan fingerprint density at radius 2 is 1.75 bits per heavy atom. The number of likely N-dealkylation sites (tertiary alicyclic amines) is 1. The Labute approximate surface area is 213 Å². The summed E-state index contributed by atoms with van der Waals surface area (Å²) in [4.78, 5) is 27.7. The minimum absolute atomic E-state index is 0.0138. The highest BCUT2D eigenvalue weighted by Gasteiger charge is 2.46. The lowest BCUT2D eigenvalue weighted by atomic mass is 9.84. The van der Waals surface area contributed by atoms with Crippen LogP contribution in [0.2, 0.25) is 0 Å². The zero-order chi connectivity index (χ0) is 26.6. The van der Waals surface area contributed by atoms with Gasteiger partial charge in [0.25, 0.3) is 11.7 Å². The van der Waals surface area contributed by atoms with E-state index in [0.717, 1.165) is 11.3 Å². The van der Waals surface area contributed by atoms with Crippen LogP contribution in [0.1, 0.15) is 64.3 Å². The maximum Gasteiger partial charge on any atom is 0.295 e. The zero-order valence-electron chi connectivity index (χ0n) is 22.3. The fourth-order valence-corrected chi connectivity index (χ4v) is 4.35. The topological polar surface area (TPSA) is 85.3 Å². The van der Waals surface area contributed by atoms with E-state index in [0.29, 0.717) is 23.5 Å². The molecule has 2 aromatic carbocycles. The van der Waals surface area contributed by atoms with Crippen molar-refractivity contribution in [3.8, 4) is 11.5 Å². The molecule has 1 aliphatic heterocycles. The van der Waals surface area contributed by atoms with Gasteiger partial charge in [0, 0.05) is 24.8 Å². The van der Waals surface area contributed by atoms with Gasteiger partial charge >= 0.3 is 0 Å². The quantitative estimate of drug-likeness (QED) is 0.291. The molecule has 194 valence electrons. The zero-order valence-corrected chi connectivity index (χ0v) is 22.3. The van der Waals surface area contributed by atoms with Crippen LogP contribution in [0, 0.1) is 0 Å². The molecule has 1 N–H and O–H groups in total. The normalized spacial score (nSPS) is 17.7. The number of benzene rings is 2. The summed E-state index contributed by atoms with van der Waals surface area (Å²) in [5, 5.41) is 11.5. The molecule has 1 heterocycles. The standard InChI is InChI=1S/C29H37NO6/c1-8-35-23-14-11-20(17-22(23)29(4,5)6)26(31)24-25(30(15-16-34-7)28(33)27(24)32)19-9-12-21(13-10-19)36-18(2)3/h9-14,17-18,25,31H,8,15-16H2,1-7H3/b26-24-. The van der Waals surface area contributed by atoms with E-state index < -0.39 is 17.7 Å². The first-order valence-corrected chi connectivity index (χ1v) is 12.3. The van der Waals surface area contributed by atoms with Crippen molar-refractivity contribution in [3.63, 3.8) is 0 Å². The molecule has 2 aromatic rings. The number of ether oxygens (including phenoxy) is 3. The number of carbonyl (C=O) groups is 2. The number of hydrogen-bond acceptors (Lipinski definition) is 6. The molecule has 7 nitrogen and oxygen atoms in total. The van der Waals surface area contributed by atoms with Crippen molar-refractivity contribution in [2.24, 2.45) is 0 Å². The van der Waals surface area contributed by atoms with E-state index in [1.54, 1.807) is 24.3 Å². The molecule has 0 radical (unpaired) electrons. The molecule has 1 atom stereocenters. The minimum Gasteiger partial charge on any atom is -0.507 e. The number of methoxy groups -OCH3 is 1. The van der Waals surface area contributed by atoms with Gasteiger partial charge in [0.2, 0.25) is 0 Å². The molecule has 1 aliphatic rings. The number of amides is 1. The summed E-state index contributed by atoms with van der Waals surface area (Å²) in [6, 6.07) is 11.8. The van der Waals surface area contributed by atoms with E-state index in [2.05, 4.69) is 20.8 Å². The van der Waals surface area contributed by atoms with Gasteiger partial charge in [0.05, 0.1) is 30.9 Å². The largest absolute Gasteiger partial charge is 0.507 e. The second-order valence-corrected chi connectivity index (χ2v) is 10.1. The fraction of sp³-hybridized carbons (Fsp3) is 0.448. The number of Topliss-reactive ketones (excluding diaryl/α,β-unsaturated/α-hetero) is 1. The molecule has 36 heavy (non-hydrogen) atoms. The van der Waals surface area contributed by atoms with Crippen molar-refractivity contribution in [3.05, 3.63) is 64.7 Å². The SMILES string of the molecule is CCOc1ccc(/C(O)=C2/C(=O)C(=O)N(CCOC)C2c2ccc(OC(C)C)cc2)cc1C(C)(C)C. The second kappa shape index (κ2) is 11.2. The summed E-state index contributed by atoms with van der Waals surface area (Å²) >= 11 is 0. The Balaban J connectivity index is 2.16. The number of nitrogens with zero attached hydrogens (tertiary/aromatic N) is 1. The van der Waals surface area contributed by atoms with Crippen molar-refractivity contribution in [1.82, 2.24) is 4.90 Å². The van der Waals surface area contributed by atoms with Crippen LogP contribution < -0.4 is 9.47 Å². The Hall–Kier alpha value is -3.32. The van der Waals surface area contributed by atoms with Gasteiger partial charge in [0.1, 0.15) is 17.3 Å². The molecule has 1 unspecified atom stereocenters. The highest BCUT2D eigenvalue weighted by molar-refractivity contribution is 6.46. The molecule has 1 amide bonds. The van der Waals surface area contributed by atoms with Crippen LogP contribution >= 0.6 is 0 Å². The van der Waals surface area contributed by atoms with Crippen LogP contribution in [0.4, 0.5) is 0 Å². The molecule has 3 rings (SSSR count). The van der Waals surface area contributed by atoms with Gasteiger partial charge in [0.15, 0.2) is 0 Å². The van der Waals surface area contributed by atoms with Gasteiger partial charge in [-0.05, 0) is 62.1 Å². The number of aliphatic hydroxyl groups excluding tert-OH is 1. The van der Waals surface area contributed by atoms with Gasteiger partial charge in [-0.1, -0.05) is 32.9 Å². The van der Waals surface area contributed by atoms with Gasteiger partial charge < -0.3 is 24.2 Å². The third-order valence-electron chi connectivity index (χ3n) is 6.00. The van der Waals surface area contributed by atoms with E-state index in [9.17, 15) is 14.7 Å². The predicted molar refractivity (Wildman–Crippen MR) is 139 cm³/mol. The molecular weight excluding hydrogens is 458 g/mol. The first kappa shape index (κ1) is 27.3. The summed E-state index contributed by atoms with van der Waals surface area (Å²) in [5.74, 6) is -0.192. The first-order chi connectivity index (χ1) is 17.0. The van der Waals surface area contributed by atoms with Crippen LogP contribution in [0.25, 0.3) is 5.76 Å². The maximum atomic E-state index is 13.2. The van der Waals surface area contributed by atoms with E-state index in [1.807, 2.05) is 39.0 Å². The monoisotopic (exact) mass is 495 g/mol. The second-order valence-electron chi connectivity index (χ2n) is 10.1. The average Bonchev–Trinajstić information content (AvgIpc) is 3.07. The number of ketones is 1. The van der Waals surface area contributed by atoms with Gasteiger partial charge in [-0.3, -0.25) is 9.59 Å². The lowest BCUT2D eigenvalue weighted by Crippen LogP contribution is -2.32. The minimum atomic E-state index is -0.752. The molecule has 0 aliphatic carbocycles. The Morgan fingerprint density at radius 1 is 1.08 bits per heavy atom. The Morgan fingerprint density at radius 3 is 2.31 bits per heavy atom. The molecular formula is C29H37NO6. The number of aliphatic hydroxyl groups is 1. The Kier molecular flexibility index (Phi) is 8.46. The molecule has 1 fully saturated rings. The third-order valence-corrected chi connectivity index (χ3v) is 6.00. The van der Waals surface area contributed by atoms with Crippen LogP contribution in [-0.2, 0) is 19.7 Å². The van der Waals surface area contributed by atoms with Crippen molar-refractivity contribution < 1.29 is 28.9 Å². The summed E-state index contributed by atoms with van der Waals surface area (Å²) < 4.78 is 16.7. The predicted octanol–water partition coefficient (Wildman–Crippen LogP) is 5.24. The summed E-state index contributed by atoms with van der Waals surface area (Å²) in [5.41, 5.74) is 1.84. The maximum absolute atomic E-state index is 13.2. The number of rotatable bonds is 9. The van der Waals surface area contributed by atoms with Gasteiger partial charge in [-0.2, -0.15) is 0 Å². The summed E-state index contributed by atoms with van der Waals surface area (Å²) in [7, 11) is 1.54. The fourth-order valence-electron chi connectivity index (χ4n) is 4.35. The molecule has 0 spiro atoms. The van der Waals surface area contributed by atoms with Crippen molar-refractivity contribution in [1.29, 1.82) is 0 Å². The van der Waals surface area contributed by atoms with Crippen LogP contribution in [0.15, 0.2) is 48.0 Å². The molecule has 0 aromatic heterocycles. The lowest BCUT2D eigenvalue weighted by molar-refractivity contribution is -0.140. The van der Waals surface area contributed by atoms with Gasteiger partial charge in [-0.15, -0.1) is 0 Å². The molecule has 1 saturated heterocycles. The molecule has 0 saturated carbocycles. The summed E-state index contributed by atoms with van der Waals surface area (Å²) in [6.07, 6.45) is 0.0138. The van der Waals surface area contributed by atoms with E-state index >= 15 is 0 Å².